The van der Waals surface area contributed by atoms with Gasteiger partial charge in [-0.3, -0.25) is 0 Å². The highest BCUT2D eigenvalue weighted by Gasteiger charge is 2.32. The molecule has 0 fully saturated rings. The Kier molecular flexibility index (Phi) is 4.71. The van der Waals surface area contributed by atoms with E-state index >= 15 is 0 Å². The number of fused-ring (bicyclic) bond motifs is 4. The fourth-order valence-electron chi connectivity index (χ4n) is 7.08. The van der Waals surface area contributed by atoms with Crippen LogP contribution in [-0.4, -0.2) is 0 Å². The summed E-state index contributed by atoms with van der Waals surface area (Å²) in [4.78, 5) is 0. The lowest BCUT2D eigenvalue weighted by molar-refractivity contribution is 1.60. The molecule has 0 bridgehead atoms. The molecule has 0 aliphatic heterocycles. The van der Waals surface area contributed by atoms with Gasteiger partial charge in [0, 0.05) is 8.95 Å². The number of hydrogen-bond donors (Lipinski definition) is 0. The van der Waals surface area contributed by atoms with Crippen molar-refractivity contribution in [2.45, 2.75) is 0 Å². The summed E-state index contributed by atoms with van der Waals surface area (Å²) in [7, 11) is 0. The third-order valence-corrected chi connectivity index (χ3v) is 10.5. The van der Waals surface area contributed by atoms with Crippen molar-refractivity contribution in [2.24, 2.45) is 0 Å². The van der Waals surface area contributed by atoms with E-state index in [1.165, 1.54) is 87.6 Å². The first-order valence-corrected chi connectivity index (χ1v) is 15.1. The molecule has 0 amide bonds. The van der Waals surface area contributed by atoms with Crippen LogP contribution in [0.15, 0.2) is 130 Å². The molecular formula is C38H20Br2. The molecule has 186 valence electrons. The summed E-state index contributed by atoms with van der Waals surface area (Å²) in [5.41, 5.74) is 10.4. The maximum absolute atomic E-state index is 3.85. The second-order valence-corrected chi connectivity index (χ2v) is 12.4. The van der Waals surface area contributed by atoms with Crippen molar-refractivity contribution in [1.29, 1.82) is 0 Å². The number of halogens is 2. The highest BCUT2D eigenvalue weighted by molar-refractivity contribution is 9.13. The van der Waals surface area contributed by atoms with E-state index in [9.17, 15) is 0 Å². The van der Waals surface area contributed by atoms with Gasteiger partial charge in [-0.1, -0.05) is 103 Å². The quantitative estimate of drug-likeness (QED) is 0.166. The van der Waals surface area contributed by atoms with Gasteiger partial charge in [0.2, 0.25) is 0 Å². The van der Waals surface area contributed by atoms with Crippen molar-refractivity contribution >= 4 is 74.9 Å². The van der Waals surface area contributed by atoms with Crippen LogP contribution in [0.2, 0.25) is 0 Å². The van der Waals surface area contributed by atoms with Crippen LogP contribution in [0.5, 0.6) is 0 Å². The lowest BCUT2D eigenvalue weighted by Crippen LogP contribution is -1.94. The van der Waals surface area contributed by atoms with E-state index in [-0.39, 0.29) is 0 Å². The largest absolute Gasteiger partial charge is 0.0622 e. The Balaban J connectivity index is 1.60. The molecule has 0 nitrogen and oxygen atoms in total. The molecule has 1 aliphatic rings. The molecule has 0 unspecified atom stereocenters. The van der Waals surface area contributed by atoms with Gasteiger partial charge in [-0.05, 0) is 138 Å². The molecule has 2 heteroatoms. The first-order chi connectivity index (χ1) is 19.7. The van der Waals surface area contributed by atoms with Crippen LogP contribution in [0, 0.1) is 0 Å². The Morgan fingerprint density at radius 3 is 1.50 bits per heavy atom. The lowest BCUT2D eigenvalue weighted by Gasteiger charge is -2.21. The second-order valence-electron chi connectivity index (χ2n) is 10.7. The molecule has 0 saturated carbocycles. The average molecular weight is 636 g/mol. The zero-order chi connectivity index (χ0) is 26.5. The van der Waals surface area contributed by atoms with Gasteiger partial charge in [0.05, 0.1) is 0 Å². The monoisotopic (exact) mass is 634 g/mol. The molecule has 0 heterocycles. The lowest BCUT2D eigenvalue weighted by atomic mass is 9.82. The van der Waals surface area contributed by atoms with Gasteiger partial charge in [-0.25, -0.2) is 0 Å². The number of hydrogen-bond acceptors (Lipinski definition) is 0. The van der Waals surface area contributed by atoms with E-state index in [0.29, 0.717) is 0 Å². The molecule has 8 aromatic carbocycles. The highest BCUT2D eigenvalue weighted by atomic mass is 79.9. The topological polar surface area (TPSA) is 0 Å². The van der Waals surface area contributed by atoms with Crippen molar-refractivity contribution < 1.29 is 0 Å². The van der Waals surface area contributed by atoms with Crippen LogP contribution in [0.25, 0.3) is 87.6 Å². The van der Waals surface area contributed by atoms with E-state index in [4.69, 9.17) is 0 Å². The number of rotatable bonds is 2. The van der Waals surface area contributed by atoms with E-state index in [1.807, 2.05) is 0 Å². The Bertz CT molecular complexity index is 2320. The summed E-state index contributed by atoms with van der Waals surface area (Å²) in [5, 5.41) is 10.5. The smallest absolute Gasteiger partial charge is 0.0324 e. The Morgan fingerprint density at radius 2 is 0.875 bits per heavy atom. The standard InChI is InChI=1S/C38H20Br2/c39-30-19-27-28(20-31(30)40)34(22-10-5-2-6-11-22)38-29-18-25-13-7-12-23-14-15-24-16-17-26(36(29)35(24)32(23)25)37(38)33(27)21-8-3-1-4-9-21/h1-20H. The van der Waals surface area contributed by atoms with Crippen molar-refractivity contribution in [3.8, 4) is 44.5 Å². The van der Waals surface area contributed by atoms with Crippen LogP contribution >= 0.6 is 31.9 Å². The average Bonchev–Trinajstić information content (AvgIpc) is 3.32. The maximum atomic E-state index is 3.85. The minimum Gasteiger partial charge on any atom is -0.0622 e. The molecular weight excluding hydrogens is 616 g/mol. The molecule has 1 aliphatic carbocycles. The van der Waals surface area contributed by atoms with Gasteiger partial charge < -0.3 is 0 Å². The van der Waals surface area contributed by atoms with Crippen LogP contribution < -0.4 is 0 Å². The normalized spacial score (nSPS) is 12.2. The third kappa shape index (κ3) is 2.96. The van der Waals surface area contributed by atoms with Gasteiger partial charge in [-0.15, -0.1) is 0 Å². The van der Waals surface area contributed by atoms with E-state index in [1.54, 1.807) is 0 Å². The molecule has 0 aromatic heterocycles. The zero-order valence-electron chi connectivity index (χ0n) is 21.3. The molecule has 0 atom stereocenters. The first kappa shape index (κ1) is 22.8. The molecule has 0 N–H and O–H groups in total. The van der Waals surface area contributed by atoms with Crippen LogP contribution in [0.1, 0.15) is 0 Å². The van der Waals surface area contributed by atoms with Gasteiger partial charge in [0.15, 0.2) is 0 Å². The van der Waals surface area contributed by atoms with Crippen molar-refractivity contribution in [1.82, 2.24) is 0 Å². The first-order valence-electron chi connectivity index (χ1n) is 13.5. The Hall–Kier alpha value is -3.98. The summed E-state index contributed by atoms with van der Waals surface area (Å²) in [6.07, 6.45) is 0. The minimum atomic E-state index is 1.06. The Morgan fingerprint density at radius 1 is 0.350 bits per heavy atom. The molecule has 0 saturated heterocycles. The number of benzene rings is 8. The van der Waals surface area contributed by atoms with Gasteiger partial charge >= 0.3 is 0 Å². The van der Waals surface area contributed by atoms with Crippen LogP contribution in [-0.2, 0) is 0 Å². The molecule has 8 aromatic rings. The fourth-order valence-corrected chi connectivity index (χ4v) is 7.77. The van der Waals surface area contributed by atoms with Gasteiger partial charge in [0.1, 0.15) is 0 Å². The van der Waals surface area contributed by atoms with Crippen molar-refractivity contribution in [3.05, 3.63) is 130 Å². The molecule has 9 rings (SSSR count). The molecule has 40 heavy (non-hydrogen) atoms. The summed E-state index contributed by atoms with van der Waals surface area (Å²) >= 11 is 7.69. The van der Waals surface area contributed by atoms with Crippen LogP contribution in [0.4, 0.5) is 0 Å². The third-order valence-electron chi connectivity index (χ3n) is 8.64. The predicted molar refractivity (Wildman–Crippen MR) is 178 cm³/mol. The SMILES string of the molecule is Brc1cc2c(-c3ccccc3)c3c(c(-c4ccccc4)c2cc1Br)-c1cc2cccc4ccc5ccc-3c1c5c42. The van der Waals surface area contributed by atoms with Crippen molar-refractivity contribution in [2.75, 3.05) is 0 Å². The molecule has 0 radical (unpaired) electrons. The zero-order valence-corrected chi connectivity index (χ0v) is 24.5. The van der Waals surface area contributed by atoms with Gasteiger partial charge in [-0.2, -0.15) is 0 Å². The van der Waals surface area contributed by atoms with Crippen LogP contribution in [0.3, 0.4) is 0 Å². The summed E-state index contributed by atoms with van der Waals surface area (Å²) in [6.45, 7) is 0. The van der Waals surface area contributed by atoms with E-state index in [0.717, 1.165) is 8.95 Å². The highest BCUT2D eigenvalue weighted by Crippen LogP contribution is 2.59. The minimum absolute atomic E-state index is 1.06. The van der Waals surface area contributed by atoms with Gasteiger partial charge in [0.25, 0.3) is 0 Å². The fraction of sp³-hybridized carbons (Fsp3) is 0. The molecule has 0 spiro atoms. The predicted octanol–water partition coefficient (Wildman–Crippen LogP) is 12.2. The summed E-state index contributed by atoms with van der Waals surface area (Å²) in [5.74, 6) is 0. The van der Waals surface area contributed by atoms with Crippen molar-refractivity contribution in [3.63, 3.8) is 0 Å². The van der Waals surface area contributed by atoms with E-state index < -0.39 is 0 Å². The Labute approximate surface area is 248 Å². The van der Waals surface area contributed by atoms with E-state index in [2.05, 4.69) is 153 Å². The maximum Gasteiger partial charge on any atom is 0.0324 e. The summed E-state index contributed by atoms with van der Waals surface area (Å²) in [6, 6.07) is 44.8. The summed E-state index contributed by atoms with van der Waals surface area (Å²) < 4.78 is 2.11. The second kappa shape index (κ2) is 8.27.